The number of anilines is 1. The summed E-state index contributed by atoms with van der Waals surface area (Å²) >= 11 is 0. The van der Waals surface area contributed by atoms with E-state index in [9.17, 15) is 24.8 Å². The molecule has 0 aromatic heterocycles. The number of fused-ring (bicyclic) bond motifs is 2. The third-order valence-electron chi connectivity index (χ3n) is 5.43. The molecule has 0 aliphatic carbocycles. The number of carbonyl (C=O) groups is 3. The predicted octanol–water partition coefficient (Wildman–Crippen LogP) is 1.37. The zero-order valence-corrected chi connectivity index (χ0v) is 15.9. The van der Waals surface area contributed by atoms with Gasteiger partial charge >= 0.3 is 0 Å². The molecule has 0 spiro atoms. The van der Waals surface area contributed by atoms with Gasteiger partial charge in [-0.3, -0.25) is 14.4 Å². The Labute approximate surface area is 175 Å². The van der Waals surface area contributed by atoms with Gasteiger partial charge < -0.3 is 10.0 Å². The van der Waals surface area contributed by atoms with E-state index < -0.39 is 34.8 Å². The summed E-state index contributed by atoms with van der Waals surface area (Å²) in [5, 5.41) is 25.2. The first kappa shape index (κ1) is 19.1. The predicted molar refractivity (Wildman–Crippen MR) is 109 cm³/mol. The van der Waals surface area contributed by atoms with E-state index in [-0.39, 0.29) is 17.1 Å². The van der Waals surface area contributed by atoms with E-state index in [2.05, 4.69) is 5.16 Å². The Morgan fingerprint density at radius 3 is 2.48 bits per heavy atom. The molecule has 2 heterocycles. The van der Waals surface area contributed by atoms with Gasteiger partial charge in [-0.2, -0.15) is 5.23 Å². The number of ketones is 1. The van der Waals surface area contributed by atoms with Crippen molar-refractivity contribution in [3.63, 3.8) is 0 Å². The molecule has 0 radical (unpaired) electrons. The fourth-order valence-electron chi connectivity index (χ4n) is 3.93. The van der Waals surface area contributed by atoms with Crippen LogP contribution in [0.1, 0.15) is 10.4 Å². The number of carbonyl (C=O) groups excluding carboxylic acids is 3. The number of Topliss-reactive ketones (excluding diaryl/α,β-unsaturated/α-hetero) is 1. The van der Waals surface area contributed by atoms with Crippen LogP contribution in [0.5, 0.6) is 0 Å². The van der Waals surface area contributed by atoms with Gasteiger partial charge in [0.05, 0.1) is 0 Å². The number of hydrogen-bond donors (Lipinski definition) is 2. The lowest BCUT2D eigenvalue weighted by Gasteiger charge is -2.21. The number of hydrogen-bond acceptors (Lipinski definition) is 7. The number of rotatable bonds is 4. The van der Waals surface area contributed by atoms with Gasteiger partial charge in [0.2, 0.25) is 17.8 Å². The van der Waals surface area contributed by atoms with E-state index in [1.54, 1.807) is 18.2 Å². The van der Waals surface area contributed by atoms with Crippen LogP contribution in [0.25, 0.3) is 10.8 Å². The summed E-state index contributed by atoms with van der Waals surface area (Å²) < 4.78 is 0. The maximum Gasteiger partial charge on any atom is 0.279 e. The standard InChI is InChI=1S/C22H15N3O6/c26-19(14-10-9-12-5-1-2-6-13(12)11-14)18-17-20(31-23-18)22(28)24(21(17)27)15-7-3-4-8-16(15)25(29)30/h1-11,17,20,25,29H. The molecule has 3 aromatic rings. The number of quaternary nitrogens is 1. The minimum absolute atomic E-state index is 0.0690. The van der Waals surface area contributed by atoms with Crippen LogP contribution in [-0.4, -0.2) is 34.6 Å². The molecule has 9 nitrogen and oxygen atoms in total. The first-order chi connectivity index (χ1) is 15.0. The van der Waals surface area contributed by atoms with Crippen LogP contribution in [0.4, 0.5) is 11.4 Å². The molecule has 2 N–H and O–H groups in total. The number of amides is 2. The Morgan fingerprint density at radius 2 is 1.71 bits per heavy atom. The number of para-hydroxylation sites is 2. The van der Waals surface area contributed by atoms with Gasteiger partial charge in [-0.25, -0.2) is 10.1 Å². The number of benzene rings is 3. The van der Waals surface area contributed by atoms with Crippen LogP contribution in [0.2, 0.25) is 0 Å². The summed E-state index contributed by atoms with van der Waals surface area (Å²) in [6.07, 6.45) is -1.30. The highest BCUT2D eigenvalue weighted by molar-refractivity contribution is 6.52. The van der Waals surface area contributed by atoms with Crippen molar-refractivity contribution in [1.82, 2.24) is 0 Å². The smallest absolute Gasteiger partial charge is 0.279 e. The fourth-order valence-corrected chi connectivity index (χ4v) is 3.93. The Kier molecular flexibility index (Phi) is 4.36. The van der Waals surface area contributed by atoms with Crippen LogP contribution in [-0.2, 0) is 14.4 Å². The quantitative estimate of drug-likeness (QED) is 0.375. The van der Waals surface area contributed by atoms with Crippen molar-refractivity contribution in [1.29, 1.82) is 0 Å². The Balaban J connectivity index is 1.50. The zero-order valence-electron chi connectivity index (χ0n) is 15.9. The first-order valence-electron chi connectivity index (χ1n) is 9.44. The molecular formula is C22H15N3O6. The van der Waals surface area contributed by atoms with Crippen LogP contribution >= 0.6 is 0 Å². The van der Waals surface area contributed by atoms with E-state index in [0.29, 0.717) is 5.56 Å². The van der Waals surface area contributed by atoms with Crippen molar-refractivity contribution in [3.05, 3.63) is 77.5 Å². The minimum atomic E-state index is -1.30. The molecule has 2 amide bonds. The van der Waals surface area contributed by atoms with Crippen molar-refractivity contribution >= 4 is 45.5 Å². The maximum absolute atomic E-state index is 13.1. The molecule has 1 fully saturated rings. The molecule has 2 aliphatic rings. The van der Waals surface area contributed by atoms with Crippen LogP contribution in [0.15, 0.2) is 71.9 Å². The summed E-state index contributed by atoms with van der Waals surface area (Å²) in [6, 6.07) is 18.3. The van der Waals surface area contributed by atoms with Crippen molar-refractivity contribution in [2.24, 2.45) is 11.1 Å². The average Bonchev–Trinajstić information content (AvgIpc) is 3.33. The Hall–Kier alpha value is -3.92. The van der Waals surface area contributed by atoms with Gasteiger partial charge in [0.25, 0.3) is 5.91 Å². The molecule has 3 aromatic carbocycles. The van der Waals surface area contributed by atoms with Gasteiger partial charge in [-0.15, -0.1) is 0 Å². The van der Waals surface area contributed by atoms with Crippen LogP contribution < -0.4 is 10.1 Å². The fraction of sp³-hybridized carbons (Fsp3) is 0.0909. The van der Waals surface area contributed by atoms with Gasteiger partial charge in [-0.1, -0.05) is 53.7 Å². The monoisotopic (exact) mass is 417 g/mol. The van der Waals surface area contributed by atoms with Crippen molar-refractivity contribution in [2.45, 2.75) is 6.10 Å². The van der Waals surface area contributed by atoms with E-state index in [1.165, 1.54) is 24.3 Å². The number of nitrogens with zero attached hydrogens (tertiary/aromatic N) is 2. The first-order valence-corrected chi connectivity index (χ1v) is 9.44. The average molecular weight is 417 g/mol. The summed E-state index contributed by atoms with van der Waals surface area (Å²) in [6.45, 7) is 0. The highest BCUT2D eigenvalue weighted by atomic mass is 16.8. The molecule has 3 atom stereocenters. The molecular weight excluding hydrogens is 402 g/mol. The molecule has 154 valence electrons. The second-order valence-corrected chi connectivity index (χ2v) is 7.21. The highest BCUT2D eigenvalue weighted by Crippen LogP contribution is 2.36. The van der Waals surface area contributed by atoms with E-state index >= 15 is 0 Å². The van der Waals surface area contributed by atoms with Gasteiger partial charge in [-0.05, 0) is 22.9 Å². The summed E-state index contributed by atoms with van der Waals surface area (Å²) in [4.78, 5) is 45.0. The number of nitrogens with one attached hydrogen (secondary N) is 1. The third-order valence-corrected chi connectivity index (χ3v) is 5.43. The lowest BCUT2D eigenvalue weighted by Crippen LogP contribution is -2.99. The molecule has 31 heavy (non-hydrogen) atoms. The van der Waals surface area contributed by atoms with Gasteiger partial charge in [0, 0.05) is 11.6 Å². The lowest BCUT2D eigenvalue weighted by atomic mass is 9.92. The summed E-state index contributed by atoms with van der Waals surface area (Å²) in [7, 11) is 0. The minimum Gasteiger partial charge on any atom is -0.595 e. The van der Waals surface area contributed by atoms with Crippen LogP contribution in [0.3, 0.4) is 0 Å². The van der Waals surface area contributed by atoms with E-state index in [1.807, 2.05) is 24.3 Å². The summed E-state index contributed by atoms with van der Waals surface area (Å²) in [5.74, 6) is -3.25. The molecule has 2 aliphatic heterocycles. The molecule has 3 unspecified atom stereocenters. The number of oxime groups is 1. The van der Waals surface area contributed by atoms with E-state index in [4.69, 9.17) is 4.84 Å². The van der Waals surface area contributed by atoms with Crippen molar-refractivity contribution in [3.8, 4) is 0 Å². The molecule has 5 rings (SSSR count). The van der Waals surface area contributed by atoms with Gasteiger partial charge in [0.1, 0.15) is 17.3 Å². The second-order valence-electron chi connectivity index (χ2n) is 7.21. The molecule has 0 bridgehead atoms. The van der Waals surface area contributed by atoms with Crippen molar-refractivity contribution < 1.29 is 29.7 Å². The highest BCUT2D eigenvalue weighted by Gasteiger charge is 2.58. The van der Waals surface area contributed by atoms with E-state index in [0.717, 1.165) is 15.7 Å². The second kappa shape index (κ2) is 7.10. The maximum atomic E-state index is 13.1. The normalized spacial score (nSPS) is 21.1. The SMILES string of the molecule is O=C(C1=NOC2C(=O)N(c3ccccc3[NH+]([O-])O)C(=O)C12)c1ccc2ccccc2c1. The van der Waals surface area contributed by atoms with Crippen LogP contribution in [0, 0.1) is 11.1 Å². The number of imide groups is 1. The molecule has 9 heteroatoms. The summed E-state index contributed by atoms with van der Waals surface area (Å²) in [5.41, 5.74) is -0.135. The largest absolute Gasteiger partial charge is 0.595 e. The topological polar surface area (TPSA) is 124 Å². The zero-order chi connectivity index (χ0) is 21.7. The molecule has 0 saturated carbocycles. The Bertz CT molecular complexity index is 1280. The van der Waals surface area contributed by atoms with Crippen molar-refractivity contribution in [2.75, 3.05) is 4.90 Å². The lowest BCUT2D eigenvalue weighted by molar-refractivity contribution is -0.990. The third kappa shape index (κ3) is 2.91. The molecule has 1 saturated heterocycles. The Morgan fingerprint density at radius 1 is 1.00 bits per heavy atom. The van der Waals surface area contributed by atoms with Gasteiger partial charge in [0.15, 0.2) is 5.69 Å².